The van der Waals surface area contributed by atoms with Crippen LogP contribution in [0.5, 0.6) is 5.88 Å². The molecule has 1 atom stereocenters. The molecule has 8 heteroatoms. The number of aromatic hydroxyl groups is 1. The molecule has 0 aliphatic carbocycles. The van der Waals surface area contributed by atoms with Crippen molar-refractivity contribution in [3.8, 4) is 5.88 Å². The lowest BCUT2D eigenvalue weighted by Crippen LogP contribution is -2.31. The molecule has 1 aliphatic rings. The second-order valence-corrected chi connectivity index (χ2v) is 8.53. The molecule has 3 N–H and O–H groups in total. The third kappa shape index (κ3) is 4.51. The predicted octanol–water partition coefficient (Wildman–Crippen LogP) is 4.19. The Balaban J connectivity index is 1.62. The molecule has 2 aromatic carbocycles. The van der Waals surface area contributed by atoms with Gasteiger partial charge in [0.25, 0.3) is 0 Å². The average molecular weight is 485 g/mol. The summed E-state index contributed by atoms with van der Waals surface area (Å²) in [6.45, 7) is 3.55. The van der Waals surface area contributed by atoms with Crippen molar-refractivity contribution in [1.82, 2.24) is 9.88 Å². The zero-order valence-electron chi connectivity index (χ0n) is 17.5. The molecule has 162 valence electrons. The number of aromatic amines is 1. The summed E-state index contributed by atoms with van der Waals surface area (Å²) < 4.78 is 0.906. The van der Waals surface area contributed by atoms with Crippen molar-refractivity contribution in [2.45, 2.75) is 19.4 Å². The van der Waals surface area contributed by atoms with Crippen molar-refractivity contribution >= 4 is 43.9 Å². The van der Waals surface area contributed by atoms with Gasteiger partial charge in [0.05, 0.1) is 17.4 Å². The first-order chi connectivity index (χ1) is 15.0. The zero-order valence-corrected chi connectivity index (χ0v) is 19.1. The number of para-hydroxylation sites is 1. The third-order valence-electron chi connectivity index (χ3n) is 5.31. The summed E-state index contributed by atoms with van der Waals surface area (Å²) >= 11 is 3.50. The molecule has 4 rings (SSSR count). The molecule has 0 spiro atoms. The lowest BCUT2D eigenvalue weighted by Gasteiger charge is -2.18. The Kier molecular flexibility index (Phi) is 6.41. The monoisotopic (exact) mass is 484 g/mol. The second kappa shape index (κ2) is 9.21. The fraction of sp³-hybridized carbons (Fsp3) is 0.304. The Labute approximate surface area is 189 Å². The van der Waals surface area contributed by atoms with E-state index in [-0.39, 0.29) is 12.0 Å². The highest BCUT2D eigenvalue weighted by atomic mass is 79.9. The molecule has 3 aromatic rings. The lowest BCUT2D eigenvalue weighted by molar-refractivity contribution is 0.0861. The van der Waals surface area contributed by atoms with Crippen LogP contribution in [0.2, 0.25) is 0 Å². The molecule has 31 heavy (non-hydrogen) atoms. The molecular weight excluding hydrogens is 460 g/mol. The first-order valence-corrected chi connectivity index (χ1v) is 11.0. The highest BCUT2D eigenvalue weighted by Gasteiger charge is 2.29. The maximum absolute atomic E-state index is 10.7. The Morgan fingerprint density at radius 2 is 2.06 bits per heavy atom. The van der Waals surface area contributed by atoms with Crippen molar-refractivity contribution in [3.05, 3.63) is 58.1 Å². The molecule has 1 unspecified atom stereocenters. The molecule has 0 saturated carbocycles. The number of aliphatic hydroxyl groups excluding tert-OH is 1. The van der Waals surface area contributed by atoms with Gasteiger partial charge in [0.2, 0.25) is 0 Å². The van der Waals surface area contributed by atoms with E-state index in [2.05, 4.69) is 26.1 Å². The number of H-pyrrole nitrogens is 1. The zero-order chi connectivity index (χ0) is 22.0. The number of hydrogen-bond donors (Lipinski definition) is 3. The van der Waals surface area contributed by atoms with Gasteiger partial charge in [-0.3, -0.25) is 0 Å². The maximum atomic E-state index is 10.7. The van der Waals surface area contributed by atoms with E-state index in [1.54, 1.807) is 0 Å². The van der Waals surface area contributed by atoms with Crippen LogP contribution >= 0.6 is 15.9 Å². The van der Waals surface area contributed by atoms with Crippen LogP contribution in [-0.4, -0.2) is 64.4 Å². The van der Waals surface area contributed by atoms with Crippen molar-refractivity contribution in [3.63, 3.8) is 0 Å². The molecule has 0 bridgehead atoms. The number of aromatic nitrogens is 1. The number of oxime groups is 1. The van der Waals surface area contributed by atoms with Crippen LogP contribution in [0.25, 0.3) is 10.9 Å². The largest absolute Gasteiger partial charge is 0.494 e. The number of aliphatic hydroxyl groups is 1. The van der Waals surface area contributed by atoms with E-state index in [0.717, 1.165) is 26.6 Å². The van der Waals surface area contributed by atoms with Crippen molar-refractivity contribution in [2.24, 2.45) is 10.1 Å². The fourth-order valence-corrected chi connectivity index (χ4v) is 3.98. The van der Waals surface area contributed by atoms with Crippen molar-refractivity contribution in [2.75, 3.05) is 26.7 Å². The van der Waals surface area contributed by atoms with Crippen LogP contribution in [0.3, 0.4) is 0 Å². The van der Waals surface area contributed by atoms with E-state index in [9.17, 15) is 10.2 Å². The van der Waals surface area contributed by atoms with E-state index in [1.165, 1.54) is 0 Å². The minimum absolute atomic E-state index is 0.0423. The van der Waals surface area contributed by atoms with Gasteiger partial charge in [0, 0.05) is 34.0 Å². The number of nitrogens with one attached hydrogen (secondary N) is 1. The van der Waals surface area contributed by atoms with Crippen molar-refractivity contribution in [1.29, 1.82) is 0 Å². The quantitative estimate of drug-likeness (QED) is 0.330. The molecule has 0 radical (unpaired) electrons. The van der Waals surface area contributed by atoms with E-state index >= 15 is 0 Å². The summed E-state index contributed by atoms with van der Waals surface area (Å²) in [5, 5.41) is 25.7. The number of rotatable bonds is 8. The number of likely N-dealkylation sites (N-methyl/N-ethyl adjacent to an activating group) is 1. The van der Waals surface area contributed by atoms with Gasteiger partial charge in [0.15, 0.2) is 5.88 Å². The van der Waals surface area contributed by atoms with E-state index in [4.69, 9.17) is 9.83 Å². The minimum Gasteiger partial charge on any atom is -0.494 e. The number of hydrogen-bond acceptors (Lipinski definition) is 6. The normalized spacial score (nSPS) is 15.5. The Hall–Kier alpha value is -2.68. The topological polar surface area (TPSA) is 93.4 Å². The molecule has 1 aliphatic heterocycles. The van der Waals surface area contributed by atoms with Crippen LogP contribution in [0.1, 0.15) is 24.5 Å². The lowest BCUT2D eigenvalue weighted by atomic mass is 10.0. The van der Waals surface area contributed by atoms with Crippen LogP contribution in [0.4, 0.5) is 5.69 Å². The molecule has 1 aromatic heterocycles. The van der Waals surface area contributed by atoms with E-state index in [1.807, 2.05) is 61.3 Å². The first kappa shape index (κ1) is 21.5. The van der Waals surface area contributed by atoms with Crippen LogP contribution in [0, 0.1) is 0 Å². The Morgan fingerprint density at radius 3 is 2.87 bits per heavy atom. The number of benzene rings is 2. The molecule has 0 fully saturated rings. The SMILES string of the molecule is CCC(O)CN(C)CCO/N=C1/C(c2c(O)[nH]c3ccc(Br)cc23)=Nc2ccccc21. The van der Waals surface area contributed by atoms with Gasteiger partial charge in [-0.2, -0.15) is 0 Å². The van der Waals surface area contributed by atoms with Gasteiger partial charge >= 0.3 is 0 Å². The molecule has 2 heterocycles. The molecule has 0 amide bonds. The van der Waals surface area contributed by atoms with Gasteiger partial charge in [-0.15, -0.1) is 0 Å². The number of aliphatic imine (C=N–C) groups is 1. The Morgan fingerprint density at radius 1 is 1.26 bits per heavy atom. The summed E-state index contributed by atoms with van der Waals surface area (Å²) in [6, 6.07) is 13.5. The van der Waals surface area contributed by atoms with Gasteiger partial charge < -0.3 is 24.9 Å². The second-order valence-electron chi connectivity index (χ2n) is 7.61. The van der Waals surface area contributed by atoms with Gasteiger partial charge in [-0.1, -0.05) is 46.2 Å². The number of nitrogens with zero attached hydrogens (tertiary/aromatic N) is 3. The predicted molar refractivity (Wildman–Crippen MR) is 127 cm³/mol. The summed E-state index contributed by atoms with van der Waals surface area (Å²) in [5.74, 6) is 0.0423. The van der Waals surface area contributed by atoms with Gasteiger partial charge in [0.1, 0.15) is 18.0 Å². The average Bonchev–Trinajstić information content (AvgIpc) is 3.27. The highest BCUT2D eigenvalue weighted by Crippen LogP contribution is 2.36. The number of fused-ring (bicyclic) bond motifs is 2. The summed E-state index contributed by atoms with van der Waals surface area (Å²) in [7, 11) is 1.94. The van der Waals surface area contributed by atoms with E-state index < -0.39 is 0 Å². The fourth-order valence-electron chi connectivity index (χ4n) is 3.62. The van der Waals surface area contributed by atoms with Crippen LogP contribution < -0.4 is 0 Å². The van der Waals surface area contributed by atoms with Crippen molar-refractivity contribution < 1.29 is 15.1 Å². The summed E-state index contributed by atoms with van der Waals surface area (Å²) in [5.41, 5.74) is 4.20. The summed E-state index contributed by atoms with van der Waals surface area (Å²) in [6.07, 6.45) is 0.370. The highest BCUT2D eigenvalue weighted by molar-refractivity contribution is 9.10. The Bertz CT molecular complexity index is 1150. The molecule has 7 nitrogen and oxygen atoms in total. The summed E-state index contributed by atoms with van der Waals surface area (Å²) in [4.78, 5) is 15.4. The standard InChI is InChI=1S/C23H25BrN4O3/c1-3-15(29)13-28(2)10-11-31-27-21-16-6-4-5-7-18(16)25-22(21)20-17-12-14(24)8-9-19(17)26-23(20)30/h4-9,12,15,26,29-30H,3,10-11,13H2,1-2H3/b27-21+. The van der Waals surface area contributed by atoms with Gasteiger partial charge in [-0.05, 0) is 37.7 Å². The minimum atomic E-state index is -0.346. The maximum Gasteiger partial charge on any atom is 0.199 e. The van der Waals surface area contributed by atoms with Crippen LogP contribution in [-0.2, 0) is 4.84 Å². The smallest absolute Gasteiger partial charge is 0.199 e. The number of halogens is 1. The first-order valence-electron chi connectivity index (χ1n) is 10.2. The van der Waals surface area contributed by atoms with Crippen LogP contribution in [0.15, 0.2) is 57.1 Å². The third-order valence-corrected chi connectivity index (χ3v) is 5.80. The van der Waals surface area contributed by atoms with E-state index in [0.29, 0.717) is 43.1 Å². The van der Waals surface area contributed by atoms with Gasteiger partial charge in [-0.25, -0.2) is 4.99 Å². The molecular formula is C23H25BrN4O3. The molecule has 0 saturated heterocycles.